The fourth-order valence-corrected chi connectivity index (χ4v) is 4.42. The Morgan fingerprint density at radius 3 is 2.67 bits per heavy atom. The maximum Gasteiger partial charge on any atom is 0.263 e. The van der Waals surface area contributed by atoms with E-state index in [4.69, 9.17) is 0 Å². The van der Waals surface area contributed by atoms with E-state index in [1.807, 2.05) is 6.07 Å². The molecule has 5 rings (SSSR count). The maximum absolute atomic E-state index is 13.1. The Morgan fingerprint density at radius 2 is 1.91 bits per heavy atom. The molecule has 3 heterocycles. The number of halogens is 2. The van der Waals surface area contributed by atoms with Gasteiger partial charge in [-0.1, -0.05) is 24.3 Å². The monoisotopic (exact) mass is 450 g/mol. The molecule has 0 bridgehead atoms. The predicted molar refractivity (Wildman–Crippen MR) is 115 cm³/mol. The van der Waals surface area contributed by atoms with Crippen LogP contribution in [-0.4, -0.2) is 38.2 Å². The van der Waals surface area contributed by atoms with E-state index in [0.717, 1.165) is 11.1 Å². The highest BCUT2D eigenvalue weighted by molar-refractivity contribution is 6.05. The van der Waals surface area contributed by atoms with Crippen molar-refractivity contribution in [2.24, 2.45) is 7.05 Å². The van der Waals surface area contributed by atoms with Crippen LogP contribution in [0.25, 0.3) is 22.6 Å². The van der Waals surface area contributed by atoms with E-state index in [-0.39, 0.29) is 30.3 Å². The number of amides is 3. The number of imide groups is 1. The number of nitrogens with one attached hydrogen (secondary N) is 1. The second-order valence-electron chi connectivity index (χ2n) is 8.26. The van der Waals surface area contributed by atoms with Gasteiger partial charge in [0.1, 0.15) is 11.9 Å². The molecule has 0 aliphatic carbocycles. The Kier molecular flexibility index (Phi) is 5.03. The van der Waals surface area contributed by atoms with Crippen LogP contribution in [-0.2, 0) is 23.2 Å². The van der Waals surface area contributed by atoms with Crippen molar-refractivity contribution >= 4 is 17.7 Å². The number of carbonyl (C=O) groups is 3. The van der Waals surface area contributed by atoms with Crippen molar-refractivity contribution in [3.8, 4) is 22.6 Å². The van der Waals surface area contributed by atoms with E-state index < -0.39 is 18.4 Å². The average molecular weight is 450 g/mol. The molecular weight excluding hydrogens is 430 g/mol. The third kappa shape index (κ3) is 3.69. The molecule has 0 spiro atoms. The summed E-state index contributed by atoms with van der Waals surface area (Å²) in [5, 5.41) is 2.29. The summed E-state index contributed by atoms with van der Waals surface area (Å²) in [7, 11) is 1.79. The molecule has 1 aromatic heterocycles. The van der Waals surface area contributed by atoms with Gasteiger partial charge in [0.15, 0.2) is 0 Å². The minimum absolute atomic E-state index is 0.0679. The van der Waals surface area contributed by atoms with Gasteiger partial charge in [-0.2, -0.15) is 0 Å². The Morgan fingerprint density at radius 1 is 1.09 bits per heavy atom. The Balaban J connectivity index is 1.43. The highest BCUT2D eigenvalue weighted by atomic mass is 19.3. The summed E-state index contributed by atoms with van der Waals surface area (Å²) >= 11 is 0. The number of rotatable bonds is 4. The van der Waals surface area contributed by atoms with Gasteiger partial charge < -0.3 is 9.47 Å². The largest absolute Gasteiger partial charge is 0.333 e. The van der Waals surface area contributed by atoms with Gasteiger partial charge in [0.05, 0.1) is 5.69 Å². The molecule has 2 aromatic carbocycles. The first kappa shape index (κ1) is 21.0. The third-order valence-corrected chi connectivity index (χ3v) is 6.09. The summed E-state index contributed by atoms with van der Waals surface area (Å²) in [5.74, 6) is -0.466. The van der Waals surface area contributed by atoms with E-state index >= 15 is 0 Å². The summed E-state index contributed by atoms with van der Waals surface area (Å²) in [6.45, 7) is 0.268. The van der Waals surface area contributed by atoms with E-state index in [1.165, 1.54) is 17.0 Å². The van der Waals surface area contributed by atoms with Gasteiger partial charge in [-0.15, -0.1) is 0 Å². The van der Waals surface area contributed by atoms with Crippen molar-refractivity contribution in [1.82, 2.24) is 19.8 Å². The van der Waals surface area contributed by atoms with Crippen molar-refractivity contribution in [2.45, 2.75) is 31.9 Å². The summed E-state index contributed by atoms with van der Waals surface area (Å²) in [6.07, 6.45) is -0.254. The molecule has 33 heavy (non-hydrogen) atoms. The topological polar surface area (TPSA) is 84.3 Å². The number of hydrogen-bond donors (Lipinski definition) is 1. The van der Waals surface area contributed by atoms with E-state index in [2.05, 4.69) is 10.3 Å². The van der Waals surface area contributed by atoms with Crippen LogP contribution in [0.4, 0.5) is 8.78 Å². The van der Waals surface area contributed by atoms with Crippen molar-refractivity contribution < 1.29 is 23.2 Å². The number of fused-ring (bicyclic) bond motifs is 1. The SMILES string of the molecule is Cn1cc(-c2ccc3c(c2)CN(C2CCC(=O)NC2=O)C3=O)nc1-c1cccc(C(F)F)c1. The molecule has 3 aromatic rings. The average Bonchev–Trinajstić information content (AvgIpc) is 3.33. The van der Waals surface area contributed by atoms with Crippen LogP contribution in [0.2, 0.25) is 0 Å². The molecule has 1 fully saturated rings. The molecule has 1 saturated heterocycles. The number of benzene rings is 2. The number of nitrogens with zero attached hydrogens (tertiary/aromatic N) is 3. The first-order valence-electron chi connectivity index (χ1n) is 10.5. The predicted octanol–water partition coefficient (Wildman–Crippen LogP) is 3.45. The summed E-state index contributed by atoms with van der Waals surface area (Å²) in [6, 6.07) is 10.8. The molecular formula is C24H20F2N4O3. The Labute approximate surface area is 188 Å². The Hall–Kier alpha value is -3.88. The number of hydrogen-bond acceptors (Lipinski definition) is 4. The highest BCUT2D eigenvalue weighted by Crippen LogP contribution is 2.32. The zero-order chi connectivity index (χ0) is 23.3. The second-order valence-corrected chi connectivity index (χ2v) is 8.26. The number of piperidine rings is 1. The lowest BCUT2D eigenvalue weighted by Gasteiger charge is -2.29. The molecule has 1 atom stereocenters. The van der Waals surface area contributed by atoms with Crippen molar-refractivity contribution in [3.05, 3.63) is 65.4 Å². The smallest absolute Gasteiger partial charge is 0.263 e. The van der Waals surface area contributed by atoms with Crippen LogP contribution in [0.3, 0.4) is 0 Å². The van der Waals surface area contributed by atoms with Crippen LogP contribution in [0.5, 0.6) is 0 Å². The maximum atomic E-state index is 13.1. The quantitative estimate of drug-likeness (QED) is 0.617. The number of aryl methyl sites for hydroxylation is 1. The second kappa shape index (κ2) is 7.91. The van der Waals surface area contributed by atoms with Gasteiger partial charge >= 0.3 is 0 Å². The standard InChI is InChI=1S/C24H20F2N4O3/c1-29-12-18(27-22(29)15-4-2-3-14(10-15)21(25)26)13-5-6-17-16(9-13)11-30(24(17)33)19-7-8-20(31)28-23(19)32/h2-6,9-10,12,19,21H,7-8,11H2,1H3,(H,28,31,32). The van der Waals surface area contributed by atoms with Crippen molar-refractivity contribution in [1.29, 1.82) is 0 Å². The zero-order valence-corrected chi connectivity index (χ0v) is 17.7. The van der Waals surface area contributed by atoms with Gasteiger partial charge in [0.25, 0.3) is 12.3 Å². The van der Waals surface area contributed by atoms with E-state index in [1.54, 1.807) is 42.1 Å². The minimum Gasteiger partial charge on any atom is -0.333 e. The lowest BCUT2D eigenvalue weighted by molar-refractivity contribution is -0.136. The molecule has 0 radical (unpaired) electrons. The Bertz CT molecular complexity index is 1300. The van der Waals surface area contributed by atoms with Crippen LogP contribution >= 0.6 is 0 Å². The fraction of sp³-hybridized carbons (Fsp3) is 0.250. The van der Waals surface area contributed by atoms with Gasteiger partial charge in [-0.3, -0.25) is 19.7 Å². The molecule has 1 unspecified atom stereocenters. The van der Waals surface area contributed by atoms with Crippen molar-refractivity contribution in [3.63, 3.8) is 0 Å². The zero-order valence-electron chi connectivity index (χ0n) is 17.7. The molecule has 2 aliphatic heterocycles. The highest BCUT2D eigenvalue weighted by Gasteiger charge is 2.39. The molecule has 3 amide bonds. The fourth-order valence-electron chi connectivity index (χ4n) is 4.42. The van der Waals surface area contributed by atoms with E-state index in [0.29, 0.717) is 29.1 Å². The van der Waals surface area contributed by atoms with Gasteiger partial charge in [0, 0.05) is 48.5 Å². The first-order valence-corrected chi connectivity index (χ1v) is 10.5. The molecule has 2 aliphatic rings. The van der Waals surface area contributed by atoms with Crippen LogP contribution in [0, 0.1) is 0 Å². The lowest BCUT2D eigenvalue weighted by atomic mass is 10.0. The number of alkyl halides is 2. The molecule has 1 N–H and O–H groups in total. The molecule has 9 heteroatoms. The molecule has 168 valence electrons. The third-order valence-electron chi connectivity index (χ3n) is 6.09. The van der Waals surface area contributed by atoms with Crippen molar-refractivity contribution in [2.75, 3.05) is 0 Å². The van der Waals surface area contributed by atoms with Crippen LogP contribution in [0.1, 0.15) is 40.8 Å². The van der Waals surface area contributed by atoms with Gasteiger partial charge in [-0.25, -0.2) is 13.8 Å². The molecule has 7 nitrogen and oxygen atoms in total. The van der Waals surface area contributed by atoms with Crippen LogP contribution in [0.15, 0.2) is 48.7 Å². The normalized spacial score (nSPS) is 18.1. The van der Waals surface area contributed by atoms with E-state index in [9.17, 15) is 23.2 Å². The number of carbonyl (C=O) groups excluding carboxylic acids is 3. The number of imidazole rings is 1. The molecule has 0 saturated carbocycles. The van der Waals surface area contributed by atoms with Gasteiger partial charge in [-0.05, 0) is 30.2 Å². The summed E-state index contributed by atoms with van der Waals surface area (Å²) < 4.78 is 28.0. The summed E-state index contributed by atoms with van der Waals surface area (Å²) in [5.41, 5.74) is 3.23. The van der Waals surface area contributed by atoms with Crippen LogP contribution < -0.4 is 5.32 Å². The number of aromatic nitrogens is 2. The van der Waals surface area contributed by atoms with Gasteiger partial charge in [0.2, 0.25) is 11.8 Å². The lowest BCUT2D eigenvalue weighted by Crippen LogP contribution is -2.52. The minimum atomic E-state index is -2.56. The first-order chi connectivity index (χ1) is 15.8. The summed E-state index contributed by atoms with van der Waals surface area (Å²) in [4.78, 5) is 42.7.